The van der Waals surface area contributed by atoms with Gasteiger partial charge in [-0.05, 0) is 35.1 Å². The third kappa shape index (κ3) is 5.53. The van der Waals surface area contributed by atoms with Gasteiger partial charge in [0.1, 0.15) is 12.6 Å². The molecule has 0 saturated carbocycles. The van der Waals surface area contributed by atoms with E-state index in [1.165, 1.54) is 22.3 Å². The Bertz CT molecular complexity index is 1050. The molecule has 2 aromatic carbocycles. The number of carboxylic acids is 1. The average molecular weight is 479 g/mol. The number of carbonyl (C=O) groups excluding carboxylic acids is 3. The van der Waals surface area contributed by atoms with Crippen molar-refractivity contribution < 1.29 is 29.0 Å². The Kier molecular flexibility index (Phi) is 7.80. The number of carbonyl (C=O) groups is 4. The summed E-state index contributed by atoms with van der Waals surface area (Å²) in [6.07, 6.45) is 2.80. The number of unbranched alkanes of at least 4 members (excludes halogenated alkanes) is 3. The number of amides is 3. The highest BCUT2D eigenvalue weighted by atomic mass is 16.5. The van der Waals surface area contributed by atoms with Crippen LogP contribution in [0.4, 0.5) is 4.79 Å². The van der Waals surface area contributed by atoms with Gasteiger partial charge in [-0.25, -0.2) is 9.59 Å². The van der Waals surface area contributed by atoms with Crippen molar-refractivity contribution >= 4 is 23.9 Å². The van der Waals surface area contributed by atoms with Crippen LogP contribution in [0.2, 0.25) is 0 Å². The van der Waals surface area contributed by atoms with Gasteiger partial charge in [0.25, 0.3) is 0 Å². The lowest BCUT2D eigenvalue weighted by atomic mass is 9.98. The number of ether oxygens (including phenoxy) is 1. The van der Waals surface area contributed by atoms with Crippen LogP contribution < -0.4 is 5.32 Å². The summed E-state index contributed by atoms with van der Waals surface area (Å²) in [7, 11) is 0. The van der Waals surface area contributed by atoms with E-state index in [-0.39, 0.29) is 31.8 Å². The van der Waals surface area contributed by atoms with E-state index >= 15 is 0 Å². The highest BCUT2D eigenvalue weighted by molar-refractivity contribution is 6.04. The number of alkyl carbamates (subject to hydrolysis) is 1. The summed E-state index contributed by atoms with van der Waals surface area (Å²) in [5.74, 6) is -1.94. The van der Waals surface area contributed by atoms with Gasteiger partial charge < -0.3 is 15.2 Å². The van der Waals surface area contributed by atoms with E-state index < -0.39 is 29.9 Å². The first kappa shape index (κ1) is 24.4. The van der Waals surface area contributed by atoms with E-state index in [1.54, 1.807) is 0 Å². The van der Waals surface area contributed by atoms with Crippen molar-refractivity contribution in [1.29, 1.82) is 0 Å². The molecule has 0 aromatic heterocycles. The zero-order valence-corrected chi connectivity index (χ0v) is 19.6. The number of imide groups is 1. The van der Waals surface area contributed by atoms with Crippen molar-refractivity contribution in [2.75, 3.05) is 13.2 Å². The third-order valence-corrected chi connectivity index (χ3v) is 6.70. The Hall–Kier alpha value is -3.68. The molecule has 1 aliphatic heterocycles. The van der Waals surface area contributed by atoms with Crippen LogP contribution in [-0.2, 0) is 19.1 Å². The number of carboxylic acid groups (broad SMARTS) is 1. The standard InChI is InChI=1S/C27H30N2O6/c30-24-14-15-25(31)29(24)23(26(32)33)13-3-1-2-8-16-28-27(34)35-17-22-20-11-6-4-9-18(20)19-10-5-7-12-21(19)22/h4-7,9-12,22-23H,1-3,8,13-17H2,(H,28,34)(H,32,33). The number of benzene rings is 2. The Morgan fingerprint density at radius 2 is 1.49 bits per heavy atom. The van der Waals surface area contributed by atoms with Crippen LogP contribution in [0.15, 0.2) is 48.5 Å². The second-order valence-electron chi connectivity index (χ2n) is 8.97. The maximum absolute atomic E-state index is 12.2. The van der Waals surface area contributed by atoms with Crippen molar-refractivity contribution in [3.63, 3.8) is 0 Å². The molecule has 2 aromatic rings. The fraction of sp³-hybridized carbons (Fsp3) is 0.407. The van der Waals surface area contributed by atoms with Gasteiger partial charge in [0.05, 0.1) is 0 Å². The Morgan fingerprint density at radius 3 is 2.09 bits per heavy atom. The van der Waals surface area contributed by atoms with Crippen LogP contribution in [0.5, 0.6) is 0 Å². The summed E-state index contributed by atoms with van der Waals surface area (Å²) in [5.41, 5.74) is 4.69. The second-order valence-corrected chi connectivity index (χ2v) is 8.97. The predicted octanol–water partition coefficient (Wildman–Crippen LogP) is 4.08. The molecule has 4 rings (SSSR count). The van der Waals surface area contributed by atoms with Gasteiger partial charge in [-0.1, -0.05) is 67.8 Å². The molecule has 8 heteroatoms. The minimum absolute atomic E-state index is 0.0182. The molecule has 1 fully saturated rings. The van der Waals surface area contributed by atoms with E-state index in [1.807, 2.05) is 24.3 Å². The zero-order valence-electron chi connectivity index (χ0n) is 19.6. The topological polar surface area (TPSA) is 113 Å². The lowest BCUT2D eigenvalue weighted by Crippen LogP contribution is -2.44. The van der Waals surface area contributed by atoms with Crippen LogP contribution >= 0.6 is 0 Å². The molecule has 184 valence electrons. The first-order chi connectivity index (χ1) is 17.0. The third-order valence-electron chi connectivity index (χ3n) is 6.70. The number of nitrogens with one attached hydrogen (secondary N) is 1. The Balaban J connectivity index is 1.14. The summed E-state index contributed by atoms with van der Waals surface area (Å²) in [5, 5.41) is 12.2. The quantitative estimate of drug-likeness (QED) is 0.372. The van der Waals surface area contributed by atoms with Crippen LogP contribution in [0.25, 0.3) is 11.1 Å². The van der Waals surface area contributed by atoms with Crippen molar-refractivity contribution in [2.24, 2.45) is 0 Å². The van der Waals surface area contributed by atoms with Gasteiger partial charge in [-0.2, -0.15) is 0 Å². The smallest absolute Gasteiger partial charge is 0.407 e. The Labute approximate surface area is 204 Å². The monoisotopic (exact) mass is 478 g/mol. The van der Waals surface area contributed by atoms with Crippen LogP contribution in [0.3, 0.4) is 0 Å². The van der Waals surface area contributed by atoms with Crippen LogP contribution in [0.1, 0.15) is 62.0 Å². The minimum Gasteiger partial charge on any atom is -0.480 e. The number of hydrogen-bond acceptors (Lipinski definition) is 5. The summed E-state index contributed by atoms with van der Waals surface area (Å²) in [6.45, 7) is 0.729. The first-order valence-corrected chi connectivity index (χ1v) is 12.1. The van der Waals surface area contributed by atoms with E-state index in [4.69, 9.17) is 4.74 Å². The largest absolute Gasteiger partial charge is 0.480 e. The summed E-state index contributed by atoms with van der Waals surface area (Å²) in [4.78, 5) is 48.3. The molecule has 0 spiro atoms. The van der Waals surface area contributed by atoms with Crippen LogP contribution in [0, 0.1) is 0 Å². The normalized spacial score (nSPS) is 15.6. The zero-order chi connectivity index (χ0) is 24.8. The van der Waals surface area contributed by atoms with Gasteiger partial charge in [0.2, 0.25) is 11.8 Å². The predicted molar refractivity (Wildman–Crippen MR) is 129 cm³/mol. The summed E-state index contributed by atoms with van der Waals surface area (Å²) < 4.78 is 5.52. The minimum atomic E-state index is -1.15. The molecule has 1 aliphatic carbocycles. The molecule has 1 atom stereocenters. The van der Waals surface area contributed by atoms with E-state index in [2.05, 4.69) is 29.6 Å². The second kappa shape index (κ2) is 11.2. The molecule has 3 amide bonds. The molecule has 8 nitrogen and oxygen atoms in total. The summed E-state index contributed by atoms with van der Waals surface area (Å²) in [6, 6.07) is 15.3. The number of hydrogen-bond donors (Lipinski definition) is 2. The van der Waals surface area contributed by atoms with E-state index in [9.17, 15) is 24.3 Å². The van der Waals surface area contributed by atoms with Gasteiger partial charge >= 0.3 is 12.1 Å². The number of fused-ring (bicyclic) bond motifs is 3. The van der Waals surface area contributed by atoms with Crippen molar-refractivity contribution in [3.8, 4) is 11.1 Å². The van der Waals surface area contributed by atoms with Crippen molar-refractivity contribution in [3.05, 3.63) is 59.7 Å². The first-order valence-electron chi connectivity index (χ1n) is 12.1. The highest BCUT2D eigenvalue weighted by Crippen LogP contribution is 2.44. The molecule has 2 aliphatic rings. The lowest BCUT2D eigenvalue weighted by Gasteiger charge is -2.22. The van der Waals surface area contributed by atoms with Crippen LogP contribution in [-0.4, -0.2) is 53.1 Å². The van der Waals surface area contributed by atoms with E-state index in [0.29, 0.717) is 13.0 Å². The van der Waals surface area contributed by atoms with Gasteiger partial charge in [0, 0.05) is 25.3 Å². The maximum Gasteiger partial charge on any atom is 0.407 e. The number of nitrogens with zero attached hydrogens (tertiary/aromatic N) is 1. The molecular formula is C27H30N2O6. The molecule has 1 unspecified atom stereocenters. The number of likely N-dealkylation sites (tertiary alicyclic amines) is 1. The molecule has 1 saturated heterocycles. The molecule has 35 heavy (non-hydrogen) atoms. The molecular weight excluding hydrogens is 448 g/mol. The van der Waals surface area contributed by atoms with Crippen molar-refractivity contribution in [2.45, 2.75) is 56.9 Å². The van der Waals surface area contributed by atoms with E-state index in [0.717, 1.165) is 24.2 Å². The van der Waals surface area contributed by atoms with Gasteiger partial charge in [-0.15, -0.1) is 0 Å². The molecule has 1 heterocycles. The molecule has 0 radical (unpaired) electrons. The fourth-order valence-electron chi connectivity index (χ4n) is 4.96. The SMILES string of the molecule is O=C(NCCCCCCC(C(=O)O)N1C(=O)CCC1=O)OCC1c2ccccc2-c2ccccc21. The number of aliphatic carboxylic acids is 1. The fourth-order valence-corrected chi connectivity index (χ4v) is 4.96. The average Bonchev–Trinajstić information content (AvgIpc) is 3.36. The Morgan fingerprint density at radius 1 is 0.914 bits per heavy atom. The summed E-state index contributed by atoms with van der Waals surface area (Å²) >= 11 is 0. The molecule has 0 bridgehead atoms. The van der Waals surface area contributed by atoms with Gasteiger partial charge in [-0.3, -0.25) is 14.5 Å². The molecule has 2 N–H and O–H groups in total. The number of rotatable bonds is 11. The van der Waals surface area contributed by atoms with Crippen molar-refractivity contribution in [1.82, 2.24) is 10.2 Å². The highest BCUT2D eigenvalue weighted by Gasteiger charge is 2.38. The maximum atomic E-state index is 12.2. The van der Waals surface area contributed by atoms with Gasteiger partial charge in [0.15, 0.2) is 0 Å². The lowest BCUT2D eigenvalue weighted by molar-refractivity contribution is -0.154.